The molecule has 5 aromatic carbocycles. The lowest BCUT2D eigenvalue weighted by atomic mass is 9.94. The van der Waals surface area contributed by atoms with E-state index in [0.29, 0.717) is 6.54 Å². The molecule has 2 heterocycles. The maximum Gasteiger partial charge on any atom is 0.231 e. The first-order valence-corrected chi connectivity index (χ1v) is 13.1. The Morgan fingerprint density at radius 2 is 1.15 bits per heavy atom. The van der Waals surface area contributed by atoms with Crippen molar-refractivity contribution in [3.8, 4) is 33.5 Å². The molecule has 0 amide bonds. The molecule has 0 fully saturated rings. The number of aromatic nitrogens is 1. The highest BCUT2D eigenvalue weighted by Gasteiger charge is 2.25. The maximum atomic E-state index is 4.71. The van der Waals surface area contributed by atoms with Gasteiger partial charge in [0.25, 0.3) is 0 Å². The van der Waals surface area contributed by atoms with Gasteiger partial charge in [0, 0.05) is 22.7 Å². The van der Waals surface area contributed by atoms with Gasteiger partial charge < -0.3 is 0 Å². The molecule has 0 bridgehead atoms. The third kappa shape index (κ3) is 4.53. The smallest absolute Gasteiger partial charge is 0.231 e. The zero-order valence-corrected chi connectivity index (χ0v) is 21.3. The van der Waals surface area contributed by atoms with Crippen molar-refractivity contribution in [2.24, 2.45) is 10.3 Å². The quantitative estimate of drug-likeness (QED) is 0.218. The van der Waals surface area contributed by atoms with Gasteiger partial charge in [0.15, 0.2) is 12.2 Å². The summed E-state index contributed by atoms with van der Waals surface area (Å²) in [4.78, 5) is 4.71. The molecule has 0 spiro atoms. The van der Waals surface area contributed by atoms with Crippen molar-refractivity contribution < 1.29 is 4.70 Å². The number of hydrogen-bond acceptors (Lipinski definition) is 3. The first-order valence-electron chi connectivity index (χ1n) is 13.1. The average Bonchev–Trinajstić information content (AvgIpc) is 3.52. The third-order valence-electron chi connectivity index (χ3n) is 7.14. The Kier molecular flexibility index (Phi) is 5.83. The van der Waals surface area contributed by atoms with Crippen molar-refractivity contribution in [3.63, 3.8) is 0 Å². The fourth-order valence-corrected chi connectivity index (χ4v) is 5.16. The molecule has 0 saturated heterocycles. The second-order valence-electron chi connectivity index (χ2n) is 9.66. The molecule has 1 aromatic heterocycles. The van der Waals surface area contributed by atoms with Crippen molar-refractivity contribution in [3.05, 3.63) is 145 Å². The summed E-state index contributed by atoms with van der Waals surface area (Å²) in [6.07, 6.45) is 1.87. The third-order valence-corrected chi connectivity index (χ3v) is 7.14. The van der Waals surface area contributed by atoms with Crippen molar-refractivity contribution in [2.45, 2.75) is 0 Å². The first-order chi connectivity index (χ1) is 19.3. The van der Waals surface area contributed by atoms with Crippen LogP contribution in [-0.4, -0.2) is 21.9 Å². The van der Waals surface area contributed by atoms with E-state index < -0.39 is 0 Å². The van der Waals surface area contributed by atoms with Crippen LogP contribution in [0.4, 0.5) is 5.69 Å². The van der Waals surface area contributed by atoms with Crippen LogP contribution in [0.25, 0.3) is 44.3 Å². The number of pyridine rings is 1. The molecule has 0 N–H and O–H groups in total. The minimum absolute atomic E-state index is 0.596. The Balaban J connectivity index is 1.22. The van der Waals surface area contributed by atoms with Gasteiger partial charge in [-0.3, -0.25) is 4.98 Å². The molecule has 0 unspecified atom stereocenters. The summed E-state index contributed by atoms with van der Waals surface area (Å²) < 4.78 is 1.96. The minimum atomic E-state index is 0.596. The zero-order chi connectivity index (χ0) is 26.0. The van der Waals surface area contributed by atoms with Crippen LogP contribution in [0.2, 0.25) is 0 Å². The second kappa shape index (κ2) is 9.92. The van der Waals surface area contributed by atoms with Crippen LogP contribution < -0.4 is 0 Å². The molecule has 184 valence electrons. The van der Waals surface area contributed by atoms with Crippen LogP contribution >= 0.6 is 0 Å². The topological polar surface area (TPSA) is 40.6 Å². The lowest BCUT2D eigenvalue weighted by molar-refractivity contribution is -0.492. The molecule has 6 aromatic rings. The van der Waals surface area contributed by atoms with Gasteiger partial charge in [-0.25, -0.2) is 0 Å². The molecule has 0 radical (unpaired) electrons. The summed E-state index contributed by atoms with van der Waals surface area (Å²) in [5, 5.41) is 11.5. The monoisotopic (exact) mass is 501 g/mol. The average molecular weight is 502 g/mol. The van der Waals surface area contributed by atoms with Gasteiger partial charge >= 0.3 is 0 Å². The van der Waals surface area contributed by atoms with Crippen molar-refractivity contribution >= 4 is 22.2 Å². The van der Waals surface area contributed by atoms with Crippen LogP contribution in [0.1, 0.15) is 5.56 Å². The summed E-state index contributed by atoms with van der Waals surface area (Å²) in [5.74, 6) is 0. The van der Waals surface area contributed by atoms with Crippen molar-refractivity contribution in [1.82, 2.24) is 4.98 Å². The Morgan fingerprint density at radius 1 is 0.513 bits per heavy atom. The lowest BCUT2D eigenvalue weighted by Gasteiger charge is -2.09. The van der Waals surface area contributed by atoms with Crippen LogP contribution in [-0.2, 0) is 0 Å². The molecule has 0 aliphatic carbocycles. The summed E-state index contributed by atoms with van der Waals surface area (Å²) >= 11 is 0. The predicted octanol–water partition coefficient (Wildman–Crippen LogP) is 8.75. The summed E-state index contributed by atoms with van der Waals surface area (Å²) in [5.41, 5.74) is 9.73. The fraction of sp³-hybridized carbons (Fsp3) is 0.0286. The number of hydrogen-bond donors (Lipinski definition) is 0. The number of fused-ring (bicyclic) bond motifs is 1. The van der Waals surface area contributed by atoms with Crippen LogP contribution in [0.5, 0.6) is 0 Å². The normalized spacial score (nSPS) is 12.8. The van der Waals surface area contributed by atoms with Gasteiger partial charge in [0.2, 0.25) is 5.71 Å². The van der Waals surface area contributed by atoms with Gasteiger partial charge in [-0.15, -0.1) is 4.70 Å². The van der Waals surface area contributed by atoms with E-state index in [1.807, 2.05) is 29.1 Å². The Hall–Kier alpha value is -5.22. The highest BCUT2D eigenvalue weighted by molar-refractivity contribution is 6.04. The minimum Gasteiger partial charge on any atom is -0.256 e. The summed E-state index contributed by atoms with van der Waals surface area (Å²) in [6, 6.07) is 46.5. The number of rotatable bonds is 5. The number of benzene rings is 5. The van der Waals surface area contributed by atoms with Gasteiger partial charge in [0.1, 0.15) is 5.22 Å². The molecule has 4 heteroatoms. The largest absolute Gasteiger partial charge is 0.256 e. The lowest BCUT2D eigenvalue weighted by Crippen LogP contribution is -2.12. The van der Waals surface area contributed by atoms with Gasteiger partial charge in [-0.1, -0.05) is 97.1 Å². The Labute approximate surface area is 227 Å². The van der Waals surface area contributed by atoms with E-state index >= 15 is 0 Å². The SMILES string of the molecule is c1ccc(-c2cc(C3=NN=[N+](c4cccc(-c5nccc6ccccc56)c4)C3)cc(-c3ccccc3)c2)cc1. The van der Waals surface area contributed by atoms with E-state index in [4.69, 9.17) is 4.98 Å². The standard InChI is InChI=1S/C35H25N4/c1-3-10-25(11-4-1)29-20-30(26-12-5-2-6-13-26)22-31(21-29)34-24-39(38-37-34)32-16-9-15-28(23-32)35-33-17-8-7-14-27(33)18-19-36-35/h1-23H,24H2/q+1. The molecule has 4 nitrogen and oxygen atoms in total. The van der Waals surface area contributed by atoms with E-state index in [0.717, 1.165) is 44.7 Å². The predicted molar refractivity (Wildman–Crippen MR) is 158 cm³/mol. The Morgan fingerprint density at radius 3 is 1.90 bits per heavy atom. The highest BCUT2D eigenvalue weighted by Crippen LogP contribution is 2.32. The maximum absolute atomic E-state index is 4.71. The second-order valence-corrected chi connectivity index (χ2v) is 9.66. The molecular weight excluding hydrogens is 476 g/mol. The van der Waals surface area contributed by atoms with Gasteiger partial charge in [0.05, 0.1) is 10.8 Å². The van der Waals surface area contributed by atoms with E-state index in [1.165, 1.54) is 16.5 Å². The van der Waals surface area contributed by atoms with E-state index in [1.54, 1.807) is 0 Å². The van der Waals surface area contributed by atoms with Crippen LogP contribution in [0.15, 0.2) is 150 Å². The van der Waals surface area contributed by atoms with Crippen molar-refractivity contribution in [1.29, 1.82) is 0 Å². The van der Waals surface area contributed by atoms with Crippen molar-refractivity contribution in [2.75, 3.05) is 6.54 Å². The molecule has 1 aliphatic heterocycles. The highest BCUT2D eigenvalue weighted by atomic mass is 15.5. The molecule has 7 rings (SSSR count). The first kappa shape index (κ1) is 22.9. The van der Waals surface area contributed by atoms with Gasteiger partial charge in [-0.05, 0) is 64.0 Å². The zero-order valence-electron chi connectivity index (χ0n) is 21.3. The molecule has 39 heavy (non-hydrogen) atoms. The molecular formula is C35H25N4+. The fourth-order valence-electron chi connectivity index (χ4n) is 5.16. The Bertz CT molecular complexity index is 1810. The summed E-state index contributed by atoms with van der Waals surface area (Å²) in [6.45, 7) is 0.596. The van der Waals surface area contributed by atoms with Crippen LogP contribution in [0, 0.1) is 0 Å². The van der Waals surface area contributed by atoms with E-state index in [2.05, 4.69) is 126 Å². The van der Waals surface area contributed by atoms with E-state index in [9.17, 15) is 0 Å². The summed E-state index contributed by atoms with van der Waals surface area (Å²) in [7, 11) is 0. The number of nitrogens with zero attached hydrogens (tertiary/aromatic N) is 4. The van der Waals surface area contributed by atoms with Crippen LogP contribution in [0.3, 0.4) is 0 Å². The molecule has 0 saturated carbocycles. The van der Waals surface area contributed by atoms with E-state index in [-0.39, 0.29) is 0 Å². The molecule has 0 atom stereocenters. The van der Waals surface area contributed by atoms with Gasteiger partial charge in [-0.2, -0.15) is 0 Å². The molecule has 1 aliphatic rings.